The zero-order valence-corrected chi connectivity index (χ0v) is 9.86. The summed E-state index contributed by atoms with van der Waals surface area (Å²) in [7, 11) is 0. The minimum Gasteiger partial charge on any atom is -0.476 e. The smallest absolute Gasteiger partial charge is 0.268 e. The van der Waals surface area contributed by atoms with E-state index in [1.165, 1.54) is 0 Å². The molecule has 0 bridgehead atoms. The number of carbonyl (C=O) groups is 1. The van der Waals surface area contributed by atoms with Gasteiger partial charge in [-0.2, -0.15) is 0 Å². The lowest BCUT2D eigenvalue weighted by atomic mass is 10.0. The Morgan fingerprint density at radius 1 is 1.53 bits per heavy atom. The summed E-state index contributed by atoms with van der Waals surface area (Å²) in [5, 5.41) is 11.8. The fourth-order valence-corrected chi connectivity index (χ4v) is 1.66. The number of ether oxygens (including phenoxy) is 1. The van der Waals surface area contributed by atoms with Crippen molar-refractivity contribution >= 4 is 11.6 Å². The van der Waals surface area contributed by atoms with Crippen LogP contribution in [0.15, 0.2) is 18.2 Å². The first kappa shape index (κ1) is 11.9. The van der Waals surface area contributed by atoms with Gasteiger partial charge >= 0.3 is 0 Å². The average Bonchev–Trinajstić information content (AvgIpc) is 2.28. The third-order valence-corrected chi connectivity index (χ3v) is 2.79. The van der Waals surface area contributed by atoms with Crippen molar-refractivity contribution < 1.29 is 14.6 Å². The molecule has 1 aromatic rings. The number of hydrogen-bond donors (Lipinski definition) is 3. The first-order valence-corrected chi connectivity index (χ1v) is 5.45. The maximum Gasteiger partial charge on any atom is 0.268 e. The lowest BCUT2D eigenvalue weighted by Gasteiger charge is -2.32. The summed E-state index contributed by atoms with van der Waals surface area (Å²) in [6.07, 6.45) is 0. The van der Waals surface area contributed by atoms with Gasteiger partial charge in [-0.3, -0.25) is 4.79 Å². The quantitative estimate of drug-likeness (QED) is 0.708. The number of aliphatic hydroxyl groups excluding tert-OH is 1. The molecule has 1 amide bonds. The Balaban J connectivity index is 2.37. The number of amides is 1. The average molecular weight is 236 g/mol. The number of rotatable bonds is 2. The van der Waals surface area contributed by atoms with Crippen LogP contribution in [0.5, 0.6) is 5.75 Å². The highest BCUT2D eigenvalue weighted by molar-refractivity contribution is 6.00. The molecule has 1 aliphatic heterocycles. The summed E-state index contributed by atoms with van der Waals surface area (Å²) in [5.41, 5.74) is 6.24. The SMILES string of the molecule is CC1(C)Oc2cc(C(N)CO)ccc2NC1=O. The van der Waals surface area contributed by atoms with Gasteiger partial charge in [-0.15, -0.1) is 0 Å². The van der Waals surface area contributed by atoms with Crippen LogP contribution in [-0.2, 0) is 4.79 Å². The Hall–Kier alpha value is -1.59. The van der Waals surface area contributed by atoms with E-state index in [1.807, 2.05) is 0 Å². The molecule has 0 aliphatic carbocycles. The largest absolute Gasteiger partial charge is 0.476 e. The zero-order chi connectivity index (χ0) is 12.6. The molecule has 2 rings (SSSR count). The van der Waals surface area contributed by atoms with Gasteiger partial charge in [-0.05, 0) is 31.5 Å². The molecule has 1 aromatic carbocycles. The van der Waals surface area contributed by atoms with Crippen LogP contribution in [0.2, 0.25) is 0 Å². The Kier molecular flexibility index (Phi) is 2.81. The molecule has 0 aromatic heterocycles. The van der Waals surface area contributed by atoms with Crippen molar-refractivity contribution in [3.63, 3.8) is 0 Å². The Morgan fingerprint density at radius 2 is 2.24 bits per heavy atom. The van der Waals surface area contributed by atoms with E-state index in [-0.39, 0.29) is 12.5 Å². The van der Waals surface area contributed by atoms with Crippen LogP contribution in [0.1, 0.15) is 25.5 Å². The molecule has 0 spiro atoms. The highest BCUT2D eigenvalue weighted by Gasteiger charge is 2.35. The number of nitrogens with one attached hydrogen (secondary N) is 1. The van der Waals surface area contributed by atoms with Crippen LogP contribution in [0.3, 0.4) is 0 Å². The maximum absolute atomic E-state index is 11.7. The Labute approximate surface area is 99.6 Å². The summed E-state index contributed by atoms with van der Waals surface area (Å²) >= 11 is 0. The molecular formula is C12H16N2O3. The lowest BCUT2D eigenvalue weighted by Crippen LogP contribution is -2.45. The van der Waals surface area contributed by atoms with Crippen molar-refractivity contribution in [2.24, 2.45) is 5.73 Å². The number of anilines is 1. The number of benzene rings is 1. The van der Waals surface area contributed by atoms with Gasteiger partial charge in [-0.1, -0.05) is 6.07 Å². The first-order chi connectivity index (χ1) is 7.94. The van der Waals surface area contributed by atoms with Crippen LogP contribution >= 0.6 is 0 Å². The molecule has 0 saturated heterocycles. The second-order valence-corrected chi connectivity index (χ2v) is 4.61. The first-order valence-electron chi connectivity index (χ1n) is 5.45. The summed E-state index contributed by atoms with van der Waals surface area (Å²) in [4.78, 5) is 11.7. The molecule has 0 radical (unpaired) electrons. The van der Waals surface area contributed by atoms with Crippen LogP contribution in [0.4, 0.5) is 5.69 Å². The van der Waals surface area contributed by atoms with Gasteiger partial charge in [0.15, 0.2) is 5.60 Å². The second kappa shape index (κ2) is 4.01. The van der Waals surface area contributed by atoms with Crippen LogP contribution < -0.4 is 15.8 Å². The molecule has 0 fully saturated rings. The molecule has 1 unspecified atom stereocenters. The molecule has 4 N–H and O–H groups in total. The summed E-state index contributed by atoms with van der Waals surface area (Å²) < 4.78 is 5.62. The van der Waals surface area contributed by atoms with Crippen molar-refractivity contribution in [3.8, 4) is 5.75 Å². The Morgan fingerprint density at radius 3 is 2.88 bits per heavy atom. The monoisotopic (exact) mass is 236 g/mol. The normalized spacial score (nSPS) is 18.9. The molecule has 17 heavy (non-hydrogen) atoms. The van der Waals surface area contributed by atoms with E-state index in [0.717, 1.165) is 5.56 Å². The van der Waals surface area contributed by atoms with E-state index in [1.54, 1.807) is 32.0 Å². The molecule has 0 saturated carbocycles. The predicted octanol–water partition coefficient (Wildman–Crippen LogP) is 0.788. The summed E-state index contributed by atoms with van der Waals surface area (Å²) in [6, 6.07) is 4.80. The summed E-state index contributed by atoms with van der Waals surface area (Å²) in [6.45, 7) is 3.27. The van der Waals surface area contributed by atoms with E-state index in [9.17, 15) is 4.79 Å². The topological polar surface area (TPSA) is 84.6 Å². The molecule has 5 nitrogen and oxygen atoms in total. The lowest BCUT2D eigenvalue weighted by molar-refractivity contribution is -0.129. The maximum atomic E-state index is 11.7. The van der Waals surface area contributed by atoms with E-state index in [4.69, 9.17) is 15.6 Å². The highest BCUT2D eigenvalue weighted by Crippen LogP contribution is 2.35. The fraction of sp³-hybridized carbons (Fsp3) is 0.417. The van der Waals surface area contributed by atoms with E-state index in [0.29, 0.717) is 11.4 Å². The van der Waals surface area contributed by atoms with Gasteiger partial charge in [-0.25, -0.2) is 0 Å². The molecule has 5 heteroatoms. The second-order valence-electron chi connectivity index (χ2n) is 4.61. The Bertz CT molecular complexity index is 457. The third-order valence-electron chi connectivity index (χ3n) is 2.79. The van der Waals surface area contributed by atoms with Crippen molar-refractivity contribution in [2.75, 3.05) is 11.9 Å². The van der Waals surface area contributed by atoms with Gasteiger partial charge in [0.25, 0.3) is 5.91 Å². The molecule has 1 heterocycles. The minimum absolute atomic E-state index is 0.130. The molecule has 1 aliphatic rings. The van der Waals surface area contributed by atoms with E-state index in [2.05, 4.69) is 5.32 Å². The van der Waals surface area contributed by atoms with Crippen molar-refractivity contribution in [2.45, 2.75) is 25.5 Å². The number of nitrogens with two attached hydrogens (primary N) is 1. The number of aliphatic hydroxyl groups is 1. The van der Waals surface area contributed by atoms with Crippen LogP contribution in [-0.4, -0.2) is 23.2 Å². The summed E-state index contributed by atoms with van der Waals surface area (Å²) in [5.74, 6) is 0.403. The van der Waals surface area contributed by atoms with E-state index < -0.39 is 11.6 Å². The van der Waals surface area contributed by atoms with Gasteiger partial charge < -0.3 is 20.9 Å². The van der Waals surface area contributed by atoms with Crippen LogP contribution in [0.25, 0.3) is 0 Å². The minimum atomic E-state index is -0.894. The van der Waals surface area contributed by atoms with Crippen molar-refractivity contribution in [1.82, 2.24) is 0 Å². The van der Waals surface area contributed by atoms with Gasteiger partial charge in [0.05, 0.1) is 18.3 Å². The molecule has 1 atom stereocenters. The number of carbonyl (C=O) groups excluding carboxylic acids is 1. The number of hydrogen-bond acceptors (Lipinski definition) is 4. The van der Waals surface area contributed by atoms with Crippen molar-refractivity contribution in [3.05, 3.63) is 23.8 Å². The standard InChI is InChI=1S/C12H16N2O3/c1-12(2)11(16)14-9-4-3-7(8(13)6-15)5-10(9)17-12/h3-5,8,15H,6,13H2,1-2H3,(H,14,16). The zero-order valence-electron chi connectivity index (χ0n) is 9.86. The van der Waals surface area contributed by atoms with Crippen LogP contribution in [0, 0.1) is 0 Å². The van der Waals surface area contributed by atoms with E-state index >= 15 is 0 Å². The van der Waals surface area contributed by atoms with Gasteiger partial charge in [0.2, 0.25) is 0 Å². The number of fused-ring (bicyclic) bond motifs is 1. The highest BCUT2D eigenvalue weighted by atomic mass is 16.5. The van der Waals surface area contributed by atoms with Crippen molar-refractivity contribution in [1.29, 1.82) is 0 Å². The van der Waals surface area contributed by atoms with Gasteiger partial charge in [0.1, 0.15) is 5.75 Å². The van der Waals surface area contributed by atoms with Gasteiger partial charge in [0, 0.05) is 0 Å². The fourth-order valence-electron chi connectivity index (χ4n) is 1.66. The molecule has 92 valence electrons. The predicted molar refractivity (Wildman–Crippen MR) is 63.8 cm³/mol. The molecular weight excluding hydrogens is 220 g/mol. The third kappa shape index (κ3) is 2.11.